The Kier molecular flexibility index (Phi) is 9.98. The number of carbonyl (C=O) groups excluding carboxylic acids is 1. The van der Waals surface area contributed by atoms with Crippen LogP contribution in [0.3, 0.4) is 0 Å². The van der Waals surface area contributed by atoms with Crippen molar-refractivity contribution in [3.63, 3.8) is 0 Å². The molecule has 0 bridgehead atoms. The Bertz CT molecular complexity index is 729. The number of primary amides is 1. The second-order valence-electron chi connectivity index (χ2n) is 7.88. The number of carbonyl (C=O) groups is 2. The van der Waals surface area contributed by atoms with Crippen molar-refractivity contribution in [1.82, 2.24) is 4.90 Å². The molecule has 30 heavy (non-hydrogen) atoms. The van der Waals surface area contributed by atoms with Gasteiger partial charge >= 0.3 is 13.6 Å². The van der Waals surface area contributed by atoms with Crippen LogP contribution in [0.4, 0.5) is 0 Å². The fourth-order valence-electron chi connectivity index (χ4n) is 3.84. The molecular formula is C21H33N2O6P. The van der Waals surface area contributed by atoms with Gasteiger partial charge in [0, 0.05) is 13.0 Å². The van der Waals surface area contributed by atoms with E-state index in [-0.39, 0.29) is 19.1 Å². The van der Waals surface area contributed by atoms with E-state index in [9.17, 15) is 24.2 Å². The van der Waals surface area contributed by atoms with E-state index in [0.29, 0.717) is 32.2 Å². The summed E-state index contributed by atoms with van der Waals surface area (Å²) in [5.41, 5.74) is 6.37. The summed E-state index contributed by atoms with van der Waals surface area (Å²) < 4.78 is 18.2. The number of aliphatic carboxylic acids is 1. The number of nitrogens with zero attached hydrogens (tertiary/aromatic N) is 1. The van der Waals surface area contributed by atoms with Crippen molar-refractivity contribution in [2.75, 3.05) is 19.3 Å². The Morgan fingerprint density at radius 1 is 1.23 bits per heavy atom. The SMILES string of the molecule is NC(=O)CCCC(CN1CCC[C@H]1C(=O)O)OP(=O)(O)CCCCc1ccccc1. The molecule has 1 saturated heterocycles. The number of benzene rings is 1. The zero-order chi connectivity index (χ0) is 22.0. The van der Waals surface area contributed by atoms with Gasteiger partial charge in [0.15, 0.2) is 0 Å². The van der Waals surface area contributed by atoms with Crippen molar-refractivity contribution in [2.24, 2.45) is 5.73 Å². The van der Waals surface area contributed by atoms with E-state index in [1.54, 1.807) is 4.90 Å². The van der Waals surface area contributed by atoms with Crippen LogP contribution >= 0.6 is 7.60 Å². The number of carboxylic acid groups (broad SMARTS) is 1. The third kappa shape index (κ3) is 8.96. The molecule has 168 valence electrons. The van der Waals surface area contributed by atoms with E-state index in [1.807, 2.05) is 30.3 Å². The summed E-state index contributed by atoms with van der Waals surface area (Å²) in [6, 6.07) is 9.34. The number of unbranched alkanes of at least 4 members (excludes halogenated alkanes) is 1. The molecule has 8 nitrogen and oxygen atoms in total. The largest absolute Gasteiger partial charge is 0.480 e. The monoisotopic (exact) mass is 440 g/mol. The minimum absolute atomic E-state index is 0.0501. The molecule has 0 saturated carbocycles. The molecule has 2 unspecified atom stereocenters. The summed E-state index contributed by atoms with van der Waals surface area (Å²) >= 11 is 0. The molecule has 1 fully saturated rings. The molecule has 2 rings (SSSR count). The highest BCUT2D eigenvalue weighted by molar-refractivity contribution is 7.52. The van der Waals surface area contributed by atoms with Crippen LogP contribution in [0.15, 0.2) is 30.3 Å². The Morgan fingerprint density at radius 2 is 1.97 bits per heavy atom. The zero-order valence-electron chi connectivity index (χ0n) is 17.3. The van der Waals surface area contributed by atoms with Gasteiger partial charge in [-0.1, -0.05) is 30.3 Å². The van der Waals surface area contributed by atoms with E-state index >= 15 is 0 Å². The number of hydrogen-bond donors (Lipinski definition) is 3. The van der Waals surface area contributed by atoms with Crippen molar-refractivity contribution < 1.29 is 28.7 Å². The van der Waals surface area contributed by atoms with Crippen molar-refractivity contribution in [1.29, 1.82) is 0 Å². The van der Waals surface area contributed by atoms with Crippen molar-refractivity contribution in [2.45, 2.75) is 63.5 Å². The van der Waals surface area contributed by atoms with Crippen molar-refractivity contribution in [3.05, 3.63) is 35.9 Å². The fraction of sp³-hybridized carbons (Fsp3) is 0.619. The van der Waals surface area contributed by atoms with Crippen LogP contribution in [0.1, 0.15) is 50.5 Å². The van der Waals surface area contributed by atoms with Crippen LogP contribution in [0.2, 0.25) is 0 Å². The van der Waals surface area contributed by atoms with Crippen molar-refractivity contribution in [3.8, 4) is 0 Å². The van der Waals surface area contributed by atoms with Gasteiger partial charge in [-0.3, -0.25) is 19.1 Å². The maximum Gasteiger partial charge on any atom is 0.328 e. The number of aryl methyl sites for hydroxylation is 1. The zero-order valence-corrected chi connectivity index (χ0v) is 18.2. The number of amides is 1. The number of carboxylic acids is 1. The lowest BCUT2D eigenvalue weighted by molar-refractivity contribution is -0.142. The Hall–Kier alpha value is -1.73. The predicted octanol–water partition coefficient (Wildman–Crippen LogP) is 2.78. The topological polar surface area (TPSA) is 130 Å². The Balaban J connectivity index is 1.87. The molecule has 1 aromatic rings. The molecule has 4 N–H and O–H groups in total. The number of nitrogens with two attached hydrogens (primary N) is 1. The van der Waals surface area contributed by atoms with Crippen LogP contribution in [-0.4, -0.2) is 58.2 Å². The molecule has 1 aliphatic rings. The van der Waals surface area contributed by atoms with Crippen LogP contribution < -0.4 is 5.73 Å². The van der Waals surface area contributed by atoms with Gasteiger partial charge in [0.05, 0.1) is 12.3 Å². The van der Waals surface area contributed by atoms with Gasteiger partial charge in [-0.05, 0) is 57.1 Å². The van der Waals surface area contributed by atoms with E-state index in [0.717, 1.165) is 19.3 Å². The predicted molar refractivity (Wildman–Crippen MR) is 114 cm³/mol. The molecular weight excluding hydrogens is 407 g/mol. The molecule has 1 amide bonds. The summed E-state index contributed by atoms with van der Waals surface area (Å²) in [5.74, 6) is -1.33. The number of hydrogen-bond acceptors (Lipinski definition) is 5. The van der Waals surface area contributed by atoms with Gasteiger partial charge in [0.2, 0.25) is 5.91 Å². The first kappa shape index (κ1) is 24.5. The van der Waals surface area contributed by atoms with Gasteiger partial charge in [-0.15, -0.1) is 0 Å². The average Bonchev–Trinajstić information content (AvgIpc) is 3.14. The molecule has 0 aromatic heterocycles. The van der Waals surface area contributed by atoms with Gasteiger partial charge in [0.1, 0.15) is 6.04 Å². The summed E-state index contributed by atoms with van der Waals surface area (Å²) in [6.07, 6.45) is 3.88. The summed E-state index contributed by atoms with van der Waals surface area (Å²) in [5, 5.41) is 9.37. The molecule has 0 spiro atoms. The minimum Gasteiger partial charge on any atom is -0.480 e. The standard InChI is InChI=1S/C21H33N2O6P/c22-20(24)13-6-11-18(16-23-14-7-12-19(23)21(25)26)29-30(27,28)15-5-4-10-17-8-2-1-3-9-17/h1-3,8-9,18-19H,4-7,10-16H2,(H2,22,24)(H,25,26)(H,27,28)/t18?,19-/m0/s1. The molecule has 0 radical (unpaired) electrons. The molecule has 3 atom stereocenters. The highest BCUT2D eigenvalue weighted by Crippen LogP contribution is 2.45. The molecule has 9 heteroatoms. The lowest BCUT2D eigenvalue weighted by atomic mass is 10.1. The Morgan fingerprint density at radius 3 is 2.63 bits per heavy atom. The third-order valence-electron chi connectivity index (χ3n) is 5.35. The second-order valence-corrected chi connectivity index (χ2v) is 9.81. The summed E-state index contributed by atoms with van der Waals surface area (Å²) in [6.45, 7) is 0.865. The molecule has 1 aromatic carbocycles. The average molecular weight is 440 g/mol. The van der Waals surface area contributed by atoms with Gasteiger partial charge < -0.3 is 20.3 Å². The Labute approximate surface area is 177 Å². The minimum atomic E-state index is -3.82. The van der Waals surface area contributed by atoms with Gasteiger partial charge in [-0.25, -0.2) is 0 Å². The van der Waals surface area contributed by atoms with Crippen LogP contribution in [0.25, 0.3) is 0 Å². The maximum atomic E-state index is 12.6. The fourth-order valence-corrected chi connectivity index (χ4v) is 5.20. The lowest BCUT2D eigenvalue weighted by Gasteiger charge is -2.28. The van der Waals surface area contributed by atoms with Gasteiger partial charge in [-0.2, -0.15) is 0 Å². The molecule has 1 aliphatic heterocycles. The number of likely N-dealkylation sites (tertiary alicyclic amines) is 1. The van der Waals surface area contributed by atoms with E-state index in [4.69, 9.17) is 10.3 Å². The smallest absolute Gasteiger partial charge is 0.328 e. The lowest BCUT2D eigenvalue weighted by Crippen LogP contribution is -2.41. The second kappa shape index (κ2) is 12.2. The van der Waals surface area contributed by atoms with E-state index < -0.39 is 31.6 Å². The van der Waals surface area contributed by atoms with Crippen LogP contribution in [-0.2, 0) is 25.1 Å². The van der Waals surface area contributed by atoms with Crippen molar-refractivity contribution >= 4 is 19.5 Å². The first-order valence-electron chi connectivity index (χ1n) is 10.6. The maximum absolute atomic E-state index is 12.6. The van der Waals surface area contributed by atoms with E-state index in [1.165, 1.54) is 5.56 Å². The molecule has 1 heterocycles. The highest BCUT2D eigenvalue weighted by atomic mass is 31.2. The number of rotatable bonds is 14. The normalized spacial score (nSPS) is 20.0. The quantitative estimate of drug-likeness (QED) is 0.299. The third-order valence-corrected chi connectivity index (χ3v) is 6.86. The first-order chi connectivity index (χ1) is 14.3. The van der Waals surface area contributed by atoms with Crippen LogP contribution in [0, 0.1) is 0 Å². The highest BCUT2D eigenvalue weighted by Gasteiger charge is 2.34. The molecule has 0 aliphatic carbocycles. The summed E-state index contributed by atoms with van der Waals surface area (Å²) in [7, 11) is -3.82. The van der Waals surface area contributed by atoms with Crippen LogP contribution in [0.5, 0.6) is 0 Å². The van der Waals surface area contributed by atoms with Gasteiger partial charge in [0.25, 0.3) is 0 Å². The van der Waals surface area contributed by atoms with E-state index in [2.05, 4.69) is 0 Å². The summed E-state index contributed by atoms with van der Waals surface area (Å²) in [4.78, 5) is 34.6. The first-order valence-corrected chi connectivity index (χ1v) is 12.3.